The highest BCUT2D eigenvalue weighted by Gasteiger charge is 2.33. The van der Waals surface area contributed by atoms with Crippen molar-refractivity contribution in [3.05, 3.63) is 60.2 Å². The lowest BCUT2D eigenvalue weighted by molar-refractivity contribution is -0.163. The Morgan fingerprint density at radius 1 is 0.588 bits per heavy atom. The van der Waals surface area contributed by atoms with E-state index in [-0.39, 0.29) is 44.5 Å². The molecule has 282 valence electrons. The van der Waals surface area contributed by atoms with Crippen molar-refractivity contribution >= 4 is 23.9 Å². The Morgan fingerprint density at radius 3 is 1.51 bits per heavy atom. The quantitative estimate of drug-likeness (QED) is 0.206. The monoisotopic (exact) mass is 709 g/mol. The van der Waals surface area contributed by atoms with E-state index >= 15 is 0 Å². The second-order valence-corrected chi connectivity index (χ2v) is 16.1. The minimum atomic E-state index is -0.758. The zero-order chi connectivity index (χ0) is 37.8. The molecule has 51 heavy (non-hydrogen) atoms. The summed E-state index contributed by atoms with van der Waals surface area (Å²) in [4.78, 5) is 58.4. The molecule has 0 saturated carbocycles. The van der Waals surface area contributed by atoms with E-state index in [1.165, 1.54) is 0 Å². The van der Waals surface area contributed by atoms with Crippen molar-refractivity contribution in [3.8, 4) is 11.1 Å². The van der Waals surface area contributed by atoms with Gasteiger partial charge in [0, 0.05) is 45.7 Å². The first-order valence-electron chi connectivity index (χ1n) is 17.9. The molecule has 0 N–H and O–H groups in total. The van der Waals surface area contributed by atoms with E-state index in [1.807, 2.05) is 132 Å². The molecule has 0 aromatic heterocycles. The van der Waals surface area contributed by atoms with E-state index < -0.39 is 34.8 Å². The number of esters is 4. The average Bonchev–Trinajstić information content (AvgIpc) is 3.09. The van der Waals surface area contributed by atoms with Crippen LogP contribution in [0.2, 0.25) is 0 Å². The van der Waals surface area contributed by atoms with Gasteiger partial charge in [-0.15, -0.1) is 0 Å². The number of benzene rings is 2. The number of hydrogen-bond donors (Lipinski definition) is 0. The van der Waals surface area contributed by atoms with Crippen molar-refractivity contribution < 1.29 is 38.1 Å². The number of hydrogen-bond acceptors (Lipinski definition) is 11. The number of ether oxygens (including phenoxy) is 4. The fourth-order valence-electron chi connectivity index (χ4n) is 5.63. The Kier molecular flexibility index (Phi) is 15.2. The normalized spacial score (nSPS) is 16.3. The van der Waals surface area contributed by atoms with Gasteiger partial charge in [0.25, 0.3) is 0 Å². The van der Waals surface area contributed by atoms with Crippen molar-refractivity contribution in [1.82, 2.24) is 14.7 Å². The highest BCUT2D eigenvalue weighted by molar-refractivity contribution is 5.78. The third kappa shape index (κ3) is 16.4. The molecule has 0 amide bonds. The second-order valence-electron chi connectivity index (χ2n) is 16.1. The van der Waals surface area contributed by atoms with Crippen LogP contribution in [0.15, 0.2) is 54.6 Å². The molecule has 0 aliphatic carbocycles. The number of carbonyl (C=O) groups excluding carboxylic acids is 4. The van der Waals surface area contributed by atoms with Gasteiger partial charge >= 0.3 is 23.9 Å². The SMILES string of the molecule is CC(C)(C)OC(=O)CN1CCN(CC(=O)OC(C)(C)C)CCN(C(CCC(=O)OCc2ccc(-c3ccccc3)cc2)C(=O)OC(C)(C)C)CC1. The van der Waals surface area contributed by atoms with Crippen molar-refractivity contribution in [2.45, 2.75) is 105 Å². The summed E-state index contributed by atoms with van der Waals surface area (Å²) in [7, 11) is 0. The Balaban J connectivity index is 1.74. The van der Waals surface area contributed by atoms with Crippen molar-refractivity contribution in [2.75, 3.05) is 52.4 Å². The maximum atomic E-state index is 13.7. The minimum Gasteiger partial charge on any atom is -0.461 e. The molecule has 1 fully saturated rings. The molecule has 1 atom stereocenters. The Morgan fingerprint density at radius 2 is 1.04 bits per heavy atom. The average molecular weight is 710 g/mol. The molecule has 1 saturated heterocycles. The van der Waals surface area contributed by atoms with E-state index in [1.54, 1.807) is 0 Å². The molecule has 3 rings (SSSR count). The van der Waals surface area contributed by atoms with E-state index in [4.69, 9.17) is 18.9 Å². The summed E-state index contributed by atoms with van der Waals surface area (Å²) in [5.41, 5.74) is 1.04. The molecular weight excluding hydrogens is 650 g/mol. The molecule has 1 aliphatic rings. The largest absolute Gasteiger partial charge is 0.461 e. The van der Waals surface area contributed by atoms with Crippen LogP contribution < -0.4 is 0 Å². The van der Waals surface area contributed by atoms with Crippen LogP contribution in [0.1, 0.15) is 80.7 Å². The van der Waals surface area contributed by atoms with Gasteiger partial charge in [-0.25, -0.2) is 0 Å². The first-order valence-corrected chi connectivity index (χ1v) is 17.9. The molecule has 2 aromatic rings. The lowest BCUT2D eigenvalue weighted by atomic mass is 10.0. The molecule has 1 unspecified atom stereocenters. The van der Waals surface area contributed by atoms with Gasteiger partial charge in [0.15, 0.2) is 0 Å². The highest BCUT2D eigenvalue weighted by Crippen LogP contribution is 2.21. The maximum Gasteiger partial charge on any atom is 0.323 e. The van der Waals surface area contributed by atoms with Gasteiger partial charge in [-0.2, -0.15) is 0 Å². The zero-order valence-corrected chi connectivity index (χ0v) is 32.2. The van der Waals surface area contributed by atoms with Gasteiger partial charge in [0.05, 0.1) is 13.1 Å². The lowest BCUT2D eigenvalue weighted by Gasteiger charge is -2.33. The maximum absolute atomic E-state index is 13.7. The van der Waals surface area contributed by atoms with Crippen LogP contribution in [0.5, 0.6) is 0 Å². The van der Waals surface area contributed by atoms with Crippen LogP contribution in [0.25, 0.3) is 11.1 Å². The van der Waals surface area contributed by atoms with E-state index in [0.717, 1.165) is 16.7 Å². The van der Waals surface area contributed by atoms with Gasteiger partial charge in [0.1, 0.15) is 29.5 Å². The Bertz CT molecular complexity index is 1380. The molecule has 0 bridgehead atoms. The molecule has 1 aliphatic heterocycles. The Hall–Kier alpha value is -3.80. The van der Waals surface area contributed by atoms with Gasteiger partial charge in [-0.05, 0) is 85.4 Å². The van der Waals surface area contributed by atoms with Crippen LogP contribution in [0, 0.1) is 0 Å². The summed E-state index contributed by atoms with van der Waals surface area (Å²) in [5.74, 6) is -1.57. The summed E-state index contributed by atoms with van der Waals surface area (Å²) in [5, 5.41) is 0. The van der Waals surface area contributed by atoms with E-state index in [9.17, 15) is 19.2 Å². The minimum absolute atomic E-state index is 0.00571. The van der Waals surface area contributed by atoms with Crippen LogP contribution in [-0.2, 0) is 44.7 Å². The molecule has 1 heterocycles. The van der Waals surface area contributed by atoms with Crippen LogP contribution in [0.4, 0.5) is 0 Å². The molecule has 2 aromatic carbocycles. The first kappa shape index (κ1) is 41.6. The predicted molar refractivity (Wildman–Crippen MR) is 197 cm³/mol. The summed E-state index contributed by atoms with van der Waals surface area (Å²) in [6.45, 7) is 19.4. The third-order valence-corrected chi connectivity index (χ3v) is 7.89. The number of carbonyl (C=O) groups is 4. The predicted octanol–water partition coefficient (Wildman–Crippen LogP) is 5.49. The molecule has 0 spiro atoms. The Labute approximate surface area is 304 Å². The molecular formula is C40H59N3O8. The molecule has 11 nitrogen and oxygen atoms in total. The summed E-state index contributed by atoms with van der Waals surface area (Å²) < 4.78 is 22.7. The fraction of sp³-hybridized carbons (Fsp3) is 0.600. The third-order valence-electron chi connectivity index (χ3n) is 7.89. The topological polar surface area (TPSA) is 115 Å². The molecule has 0 radical (unpaired) electrons. The summed E-state index contributed by atoms with van der Waals surface area (Å²) >= 11 is 0. The fourth-order valence-corrected chi connectivity index (χ4v) is 5.63. The van der Waals surface area contributed by atoms with Crippen LogP contribution in [-0.4, -0.2) is 114 Å². The second kappa shape index (κ2) is 18.6. The first-order chi connectivity index (χ1) is 23.8. The van der Waals surface area contributed by atoms with E-state index in [0.29, 0.717) is 39.3 Å². The van der Waals surface area contributed by atoms with Crippen LogP contribution in [0.3, 0.4) is 0 Å². The van der Waals surface area contributed by atoms with E-state index in [2.05, 4.69) is 0 Å². The van der Waals surface area contributed by atoms with Crippen molar-refractivity contribution in [1.29, 1.82) is 0 Å². The zero-order valence-electron chi connectivity index (χ0n) is 32.2. The summed E-state index contributed by atoms with van der Waals surface area (Å²) in [6.07, 6.45) is 0.185. The van der Waals surface area contributed by atoms with Gasteiger partial charge in [-0.1, -0.05) is 54.6 Å². The molecule has 11 heteroatoms. The van der Waals surface area contributed by atoms with Crippen LogP contribution >= 0.6 is 0 Å². The smallest absolute Gasteiger partial charge is 0.323 e. The van der Waals surface area contributed by atoms with Crippen molar-refractivity contribution in [2.24, 2.45) is 0 Å². The lowest BCUT2D eigenvalue weighted by Crippen LogP contribution is -2.49. The number of rotatable bonds is 12. The summed E-state index contributed by atoms with van der Waals surface area (Å²) in [6, 6.07) is 17.2. The van der Waals surface area contributed by atoms with Crippen molar-refractivity contribution in [3.63, 3.8) is 0 Å². The van der Waals surface area contributed by atoms with Gasteiger partial charge in [-0.3, -0.25) is 33.9 Å². The standard InChI is InChI=1S/C40H59N3O8/c1-38(2,3)49-35(45)27-41-21-22-42(28-36(46)50-39(4,5)6)24-26-43(25-23-41)33(37(47)51-40(7,8)9)19-20-34(44)48-29-30-15-17-32(18-16-30)31-13-11-10-12-14-31/h10-18,33H,19-29H2,1-9H3. The number of nitrogens with zero attached hydrogens (tertiary/aromatic N) is 3. The highest BCUT2D eigenvalue weighted by atomic mass is 16.6. The van der Waals surface area contributed by atoms with Gasteiger partial charge < -0.3 is 18.9 Å². The van der Waals surface area contributed by atoms with Gasteiger partial charge in [0.2, 0.25) is 0 Å².